The molecule has 2 unspecified atom stereocenters. The standard InChI is InChI=1S/C15H18N2O2/c16-15(10-18)7-6-11(9-15)19-14-5-1-4-13-12(14)3-2-8-17-13/h1-5,8,11,18H,6-7,9-10,16H2. The summed E-state index contributed by atoms with van der Waals surface area (Å²) in [5.41, 5.74) is 6.52. The number of pyridine rings is 1. The van der Waals surface area contributed by atoms with Crippen molar-refractivity contribution in [3.8, 4) is 5.75 Å². The van der Waals surface area contributed by atoms with Crippen molar-refractivity contribution in [1.82, 2.24) is 4.98 Å². The summed E-state index contributed by atoms with van der Waals surface area (Å²) < 4.78 is 6.05. The molecule has 1 saturated carbocycles. The van der Waals surface area contributed by atoms with Crippen LogP contribution in [0.1, 0.15) is 19.3 Å². The maximum Gasteiger partial charge on any atom is 0.129 e. The number of ether oxygens (including phenoxy) is 1. The molecule has 0 aliphatic heterocycles. The van der Waals surface area contributed by atoms with Crippen molar-refractivity contribution in [3.05, 3.63) is 36.5 Å². The minimum Gasteiger partial charge on any atom is -0.490 e. The van der Waals surface area contributed by atoms with Gasteiger partial charge in [0.05, 0.1) is 12.1 Å². The number of nitrogens with zero attached hydrogens (tertiary/aromatic N) is 1. The average Bonchev–Trinajstić information content (AvgIpc) is 2.82. The van der Waals surface area contributed by atoms with Crippen LogP contribution in [0.15, 0.2) is 36.5 Å². The van der Waals surface area contributed by atoms with E-state index in [0.29, 0.717) is 6.42 Å². The van der Waals surface area contributed by atoms with Crippen LogP contribution < -0.4 is 10.5 Å². The molecule has 1 aromatic carbocycles. The molecule has 1 aromatic heterocycles. The van der Waals surface area contributed by atoms with Gasteiger partial charge in [0.2, 0.25) is 0 Å². The fourth-order valence-electron chi connectivity index (χ4n) is 2.71. The molecule has 2 atom stereocenters. The predicted molar refractivity (Wildman–Crippen MR) is 74.0 cm³/mol. The SMILES string of the molecule is NC1(CO)CCC(Oc2cccc3ncccc23)C1. The highest BCUT2D eigenvalue weighted by Crippen LogP contribution is 2.33. The van der Waals surface area contributed by atoms with Crippen LogP contribution in [0.25, 0.3) is 10.9 Å². The Balaban J connectivity index is 1.83. The van der Waals surface area contributed by atoms with Gasteiger partial charge in [0.15, 0.2) is 0 Å². The number of rotatable bonds is 3. The van der Waals surface area contributed by atoms with Crippen molar-refractivity contribution in [2.75, 3.05) is 6.61 Å². The highest BCUT2D eigenvalue weighted by molar-refractivity contribution is 5.84. The van der Waals surface area contributed by atoms with E-state index in [-0.39, 0.29) is 12.7 Å². The Morgan fingerprint density at radius 2 is 2.26 bits per heavy atom. The first kappa shape index (κ1) is 12.4. The third-order valence-corrected chi connectivity index (χ3v) is 3.81. The van der Waals surface area contributed by atoms with Crippen LogP contribution in [0.3, 0.4) is 0 Å². The van der Waals surface area contributed by atoms with Crippen LogP contribution in [0, 0.1) is 0 Å². The molecular weight excluding hydrogens is 240 g/mol. The molecule has 4 heteroatoms. The molecule has 0 spiro atoms. The first-order valence-electron chi connectivity index (χ1n) is 6.60. The van der Waals surface area contributed by atoms with Gasteiger partial charge in [-0.05, 0) is 37.1 Å². The second-order valence-electron chi connectivity index (χ2n) is 5.33. The van der Waals surface area contributed by atoms with Gasteiger partial charge in [0.1, 0.15) is 11.9 Å². The van der Waals surface area contributed by atoms with E-state index in [2.05, 4.69) is 4.98 Å². The average molecular weight is 258 g/mol. The van der Waals surface area contributed by atoms with Crippen LogP contribution in [0.4, 0.5) is 0 Å². The molecule has 1 aliphatic rings. The second-order valence-corrected chi connectivity index (χ2v) is 5.33. The maximum absolute atomic E-state index is 9.29. The maximum atomic E-state index is 9.29. The van der Waals surface area contributed by atoms with Gasteiger partial charge in [-0.1, -0.05) is 6.07 Å². The molecule has 0 bridgehead atoms. The Kier molecular flexibility index (Phi) is 3.12. The normalized spacial score (nSPS) is 26.7. The van der Waals surface area contributed by atoms with Crippen molar-refractivity contribution in [1.29, 1.82) is 0 Å². The van der Waals surface area contributed by atoms with E-state index in [9.17, 15) is 5.11 Å². The summed E-state index contributed by atoms with van der Waals surface area (Å²) in [7, 11) is 0. The lowest BCUT2D eigenvalue weighted by Gasteiger charge is -2.21. The van der Waals surface area contributed by atoms with Gasteiger partial charge in [-0.15, -0.1) is 0 Å². The fourth-order valence-corrected chi connectivity index (χ4v) is 2.71. The van der Waals surface area contributed by atoms with Gasteiger partial charge in [-0.2, -0.15) is 0 Å². The zero-order valence-electron chi connectivity index (χ0n) is 10.7. The van der Waals surface area contributed by atoms with E-state index in [0.717, 1.165) is 29.5 Å². The van der Waals surface area contributed by atoms with E-state index in [4.69, 9.17) is 10.5 Å². The number of fused-ring (bicyclic) bond motifs is 1. The smallest absolute Gasteiger partial charge is 0.129 e. The molecule has 19 heavy (non-hydrogen) atoms. The van der Waals surface area contributed by atoms with E-state index in [1.54, 1.807) is 6.20 Å². The minimum absolute atomic E-state index is 0.0178. The van der Waals surface area contributed by atoms with Crippen LogP contribution in [0.2, 0.25) is 0 Å². The third kappa shape index (κ3) is 2.41. The molecule has 0 amide bonds. The Morgan fingerprint density at radius 1 is 1.37 bits per heavy atom. The van der Waals surface area contributed by atoms with E-state index in [1.807, 2.05) is 30.3 Å². The Labute approximate surface area is 112 Å². The van der Waals surface area contributed by atoms with Crippen molar-refractivity contribution in [3.63, 3.8) is 0 Å². The summed E-state index contributed by atoms with van der Waals surface area (Å²) in [4.78, 5) is 4.32. The molecule has 100 valence electrons. The summed E-state index contributed by atoms with van der Waals surface area (Å²) in [6.07, 6.45) is 4.23. The summed E-state index contributed by atoms with van der Waals surface area (Å²) >= 11 is 0. The number of aliphatic hydroxyl groups excluding tert-OH is 1. The molecule has 1 fully saturated rings. The first-order chi connectivity index (χ1) is 9.20. The fraction of sp³-hybridized carbons (Fsp3) is 0.400. The molecule has 0 radical (unpaired) electrons. The van der Waals surface area contributed by atoms with Crippen molar-refractivity contribution >= 4 is 10.9 Å². The molecule has 0 saturated heterocycles. The van der Waals surface area contributed by atoms with Crippen LogP contribution in [0.5, 0.6) is 5.75 Å². The number of hydrogen-bond acceptors (Lipinski definition) is 4. The molecule has 3 rings (SSSR count). The topological polar surface area (TPSA) is 68.4 Å². The summed E-state index contributed by atoms with van der Waals surface area (Å²) in [6, 6.07) is 9.79. The highest BCUT2D eigenvalue weighted by atomic mass is 16.5. The largest absolute Gasteiger partial charge is 0.490 e. The number of hydrogen-bond donors (Lipinski definition) is 2. The third-order valence-electron chi connectivity index (χ3n) is 3.81. The quantitative estimate of drug-likeness (QED) is 0.881. The van der Waals surface area contributed by atoms with Crippen LogP contribution in [-0.4, -0.2) is 28.3 Å². The Hall–Kier alpha value is -1.65. The number of nitrogens with two attached hydrogens (primary N) is 1. The monoisotopic (exact) mass is 258 g/mol. The van der Waals surface area contributed by atoms with Gasteiger partial charge >= 0.3 is 0 Å². The van der Waals surface area contributed by atoms with Crippen molar-refractivity contribution in [2.24, 2.45) is 5.73 Å². The first-order valence-corrected chi connectivity index (χ1v) is 6.60. The van der Waals surface area contributed by atoms with Gasteiger partial charge in [-0.25, -0.2) is 0 Å². The van der Waals surface area contributed by atoms with Crippen molar-refractivity contribution in [2.45, 2.75) is 30.9 Å². The molecule has 2 aromatic rings. The molecule has 1 heterocycles. The zero-order chi connectivity index (χ0) is 13.3. The van der Waals surface area contributed by atoms with Gasteiger partial charge in [0, 0.05) is 23.5 Å². The summed E-state index contributed by atoms with van der Waals surface area (Å²) in [5.74, 6) is 0.845. The van der Waals surface area contributed by atoms with Crippen LogP contribution >= 0.6 is 0 Å². The summed E-state index contributed by atoms with van der Waals surface area (Å²) in [6.45, 7) is 0.0178. The number of aromatic nitrogens is 1. The van der Waals surface area contributed by atoms with Crippen LogP contribution in [-0.2, 0) is 0 Å². The van der Waals surface area contributed by atoms with E-state index in [1.165, 1.54) is 0 Å². The van der Waals surface area contributed by atoms with Crippen molar-refractivity contribution < 1.29 is 9.84 Å². The van der Waals surface area contributed by atoms with Gasteiger partial charge in [-0.3, -0.25) is 4.98 Å². The van der Waals surface area contributed by atoms with E-state index < -0.39 is 5.54 Å². The highest BCUT2D eigenvalue weighted by Gasteiger charge is 2.36. The lowest BCUT2D eigenvalue weighted by atomic mass is 10.0. The zero-order valence-corrected chi connectivity index (χ0v) is 10.7. The second kappa shape index (κ2) is 4.79. The molecular formula is C15H18N2O2. The Bertz CT molecular complexity index is 582. The Morgan fingerprint density at radius 3 is 3.05 bits per heavy atom. The molecule has 1 aliphatic carbocycles. The summed E-state index contributed by atoms with van der Waals surface area (Å²) in [5, 5.41) is 10.3. The lowest BCUT2D eigenvalue weighted by molar-refractivity contribution is 0.167. The molecule has 3 N–H and O–H groups in total. The molecule has 4 nitrogen and oxygen atoms in total. The van der Waals surface area contributed by atoms with E-state index >= 15 is 0 Å². The minimum atomic E-state index is -0.479. The van der Waals surface area contributed by atoms with Gasteiger partial charge in [0.25, 0.3) is 0 Å². The number of aliphatic hydroxyl groups is 1. The van der Waals surface area contributed by atoms with Gasteiger partial charge < -0.3 is 15.6 Å². The number of benzene rings is 1. The lowest BCUT2D eigenvalue weighted by Crippen LogP contribution is -2.41. The predicted octanol–water partition coefficient (Wildman–Crippen LogP) is 1.86.